The number of aliphatic hydroxyl groups is 1. The summed E-state index contributed by atoms with van der Waals surface area (Å²) in [4.78, 5) is 28.8. The van der Waals surface area contributed by atoms with Gasteiger partial charge in [-0.05, 0) is 31.4 Å². The molecule has 2 amide bonds. The molecular weight excluding hydrogens is 320 g/mol. The summed E-state index contributed by atoms with van der Waals surface area (Å²) in [6.45, 7) is 4.92. The Morgan fingerprint density at radius 2 is 1.92 bits per heavy atom. The Bertz CT molecular complexity index is 697. The SMILES string of the molecule is COCCCN1C(=O)C(c2ccc(C)cc2C)=C(N(C)CCO)C1=O. The van der Waals surface area contributed by atoms with Crippen LogP contribution >= 0.6 is 0 Å². The number of methoxy groups -OCH3 is 1. The minimum Gasteiger partial charge on any atom is -0.395 e. The van der Waals surface area contributed by atoms with Crippen LogP contribution in [-0.2, 0) is 14.3 Å². The summed E-state index contributed by atoms with van der Waals surface area (Å²) in [6.07, 6.45) is 0.588. The van der Waals surface area contributed by atoms with Crippen LogP contribution in [0.3, 0.4) is 0 Å². The van der Waals surface area contributed by atoms with Gasteiger partial charge in [0.2, 0.25) is 0 Å². The van der Waals surface area contributed by atoms with Crippen molar-refractivity contribution in [2.24, 2.45) is 0 Å². The van der Waals surface area contributed by atoms with Gasteiger partial charge in [0.05, 0.1) is 12.2 Å². The van der Waals surface area contributed by atoms with E-state index in [1.54, 1.807) is 19.1 Å². The molecule has 0 saturated heterocycles. The highest BCUT2D eigenvalue weighted by Crippen LogP contribution is 2.33. The Morgan fingerprint density at radius 3 is 2.52 bits per heavy atom. The fourth-order valence-electron chi connectivity index (χ4n) is 3.09. The lowest BCUT2D eigenvalue weighted by atomic mass is 9.97. The number of rotatable bonds is 8. The molecule has 0 unspecified atom stereocenters. The van der Waals surface area contributed by atoms with Crippen LogP contribution in [0.2, 0.25) is 0 Å². The molecule has 1 heterocycles. The van der Waals surface area contributed by atoms with Gasteiger partial charge in [-0.15, -0.1) is 0 Å². The summed E-state index contributed by atoms with van der Waals surface area (Å²) in [5.74, 6) is -0.597. The minimum absolute atomic E-state index is 0.0920. The number of carbonyl (C=O) groups is 2. The van der Waals surface area contributed by atoms with E-state index in [9.17, 15) is 14.7 Å². The van der Waals surface area contributed by atoms with Crippen molar-refractivity contribution in [3.63, 3.8) is 0 Å². The van der Waals surface area contributed by atoms with Crippen molar-refractivity contribution in [3.05, 3.63) is 40.6 Å². The number of benzene rings is 1. The van der Waals surface area contributed by atoms with E-state index in [0.717, 1.165) is 16.7 Å². The summed E-state index contributed by atoms with van der Waals surface area (Å²) >= 11 is 0. The molecule has 136 valence electrons. The predicted molar refractivity (Wildman–Crippen MR) is 95.8 cm³/mol. The fraction of sp³-hybridized carbons (Fsp3) is 0.474. The maximum absolute atomic E-state index is 13.0. The molecule has 1 aromatic carbocycles. The van der Waals surface area contributed by atoms with Crippen LogP contribution in [0, 0.1) is 13.8 Å². The number of amides is 2. The highest BCUT2D eigenvalue weighted by molar-refractivity contribution is 6.35. The molecule has 0 bridgehead atoms. The van der Waals surface area contributed by atoms with Crippen LogP contribution in [-0.4, -0.2) is 67.2 Å². The monoisotopic (exact) mass is 346 g/mol. The third-order valence-electron chi connectivity index (χ3n) is 4.34. The summed E-state index contributed by atoms with van der Waals surface area (Å²) in [7, 11) is 3.31. The van der Waals surface area contributed by atoms with Gasteiger partial charge in [0, 0.05) is 33.9 Å². The average molecular weight is 346 g/mol. The summed E-state index contributed by atoms with van der Waals surface area (Å²) in [6, 6.07) is 5.82. The largest absolute Gasteiger partial charge is 0.395 e. The van der Waals surface area contributed by atoms with E-state index in [0.29, 0.717) is 30.8 Å². The van der Waals surface area contributed by atoms with Crippen LogP contribution in [0.15, 0.2) is 23.9 Å². The second kappa shape index (κ2) is 8.27. The summed E-state index contributed by atoms with van der Waals surface area (Å²) in [5.41, 5.74) is 3.57. The molecule has 1 aliphatic rings. The Morgan fingerprint density at radius 1 is 1.20 bits per heavy atom. The lowest BCUT2D eigenvalue weighted by Crippen LogP contribution is -2.35. The maximum Gasteiger partial charge on any atom is 0.277 e. The number of nitrogens with zero attached hydrogens (tertiary/aromatic N) is 2. The molecule has 1 aliphatic heterocycles. The highest BCUT2D eigenvalue weighted by atomic mass is 16.5. The molecule has 1 N–H and O–H groups in total. The zero-order valence-electron chi connectivity index (χ0n) is 15.3. The number of aliphatic hydroxyl groups excluding tert-OH is 1. The first-order valence-electron chi connectivity index (χ1n) is 8.41. The van der Waals surface area contributed by atoms with Gasteiger partial charge >= 0.3 is 0 Å². The first-order chi connectivity index (χ1) is 11.9. The normalized spacial score (nSPS) is 14.7. The van der Waals surface area contributed by atoms with Gasteiger partial charge in [-0.2, -0.15) is 0 Å². The number of imide groups is 1. The molecule has 0 radical (unpaired) electrons. The molecule has 2 rings (SSSR count). The van der Waals surface area contributed by atoms with Crippen LogP contribution in [0.4, 0.5) is 0 Å². The van der Waals surface area contributed by atoms with Crippen LogP contribution in [0.5, 0.6) is 0 Å². The van der Waals surface area contributed by atoms with Crippen molar-refractivity contribution in [1.82, 2.24) is 9.80 Å². The molecule has 0 fully saturated rings. The summed E-state index contributed by atoms with van der Waals surface area (Å²) in [5, 5.41) is 9.25. The second-order valence-corrected chi connectivity index (χ2v) is 6.30. The van der Waals surface area contributed by atoms with Crippen molar-refractivity contribution in [2.75, 3.05) is 40.5 Å². The van der Waals surface area contributed by atoms with Gasteiger partial charge in [-0.3, -0.25) is 14.5 Å². The predicted octanol–water partition coefficient (Wildman–Crippen LogP) is 1.34. The summed E-state index contributed by atoms with van der Waals surface area (Å²) < 4.78 is 5.02. The van der Waals surface area contributed by atoms with E-state index in [1.165, 1.54) is 4.90 Å². The molecule has 0 aromatic heterocycles. The fourth-order valence-corrected chi connectivity index (χ4v) is 3.09. The zero-order chi connectivity index (χ0) is 18.6. The number of likely N-dealkylation sites (N-methyl/N-ethyl adjacent to an activating group) is 1. The van der Waals surface area contributed by atoms with Crippen LogP contribution in [0.25, 0.3) is 5.57 Å². The molecule has 1 aromatic rings. The van der Waals surface area contributed by atoms with E-state index in [1.807, 2.05) is 32.0 Å². The van der Waals surface area contributed by atoms with Crippen molar-refractivity contribution in [3.8, 4) is 0 Å². The van der Waals surface area contributed by atoms with Crippen LogP contribution < -0.4 is 0 Å². The van der Waals surface area contributed by atoms with Crippen molar-refractivity contribution in [1.29, 1.82) is 0 Å². The second-order valence-electron chi connectivity index (χ2n) is 6.30. The quantitative estimate of drug-likeness (QED) is 0.568. The zero-order valence-corrected chi connectivity index (χ0v) is 15.3. The molecular formula is C19H26N2O4. The van der Waals surface area contributed by atoms with Gasteiger partial charge in [0.25, 0.3) is 11.8 Å². The molecule has 6 nitrogen and oxygen atoms in total. The van der Waals surface area contributed by atoms with Crippen LogP contribution in [0.1, 0.15) is 23.1 Å². The van der Waals surface area contributed by atoms with Crippen molar-refractivity contribution in [2.45, 2.75) is 20.3 Å². The van der Waals surface area contributed by atoms with Gasteiger partial charge in [0.15, 0.2) is 0 Å². The van der Waals surface area contributed by atoms with E-state index < -0.39 is 0 Å². The van der Waals surface area contributed by atoms with E-state index >= 15 is 0 Å². The Hall–Kier alpha value is -2.18. The molecule has 0 aliphatic carbocycles. The third-order valence-corrected chi connectivity index (χ3v) is 4.34. The number of hydrogen-bond acceptors (Lipinski definition) is 5. The Kier molecular flexibility index (Phi) is 6.33. The molecule has 25 heavy (non-hydrogen) atoms. The van der Waals surface area contributed by atoms with Crippen molar-refractivity contribution >= 4 is 17.4 Å². The lowest BCUT2D eigenvalue weighted by Gasteiger charge is -2.20. The third kappa shape index (κ3) is 3.91. The van der Waals surface area contributed by atoms with E-state index in [4.69, 9.17) is 4.74 Å². The molecule has 6 heteroatoms. The topological polar surface area (TPSA) is 70.1 Å². The van der Waals surface area contributed by atoms with Gasteiger partial charge in [-0.25, -0.2) is 0 Å². The Balaban J connectivity index is 2.47. The maximum atomic E-state index is 13.0. The lowest BCUT2D eigenvalue weighted by molar-refractivity contribution is -0.137. The smallest absolute Gasteiger partial charge is 0.277 e. The van der Waals surface area contributed by atoms with E-state index in [2.05, 4.69) is 0 Å². The first-order valence-corrected chi connectivity index (χ1v) is 8.41. The average Bonchev–Trinajstić information content (AvgIpc) is 2.80. The highest BCUT2D eigenvalue weighted by Gasteiger charge is 2.40. The van der Waals surface area contributed by atoms with Gasteiger partial charge in [0.1, 0.15) is 5.70 Å². The molecule has 0 spiro atoms. The molecule has 0 atom stereocenters. The Labute approximate surface area is 148 Å². The van der Waals surface area contributed by atoms with E-state index in [-0.39, 0.29) is 25.0 Å². The van der Waals surface area contributed by atoms with Gasteiger partial charge < -0.3 is 14.7 Å². The minimum atomic E-state index is -0.313. The molecule has 0 saturated carbocycles. The van der Waals surface area contributed by atoms with Crippen molar-refractivity contribution < 1.29 is 19.4 Å². The number of ether oxygens (including phenoxy) is 1. The number of aryl methyl sites for hydroxylation is 2. The number of carbonyl (C=O) groups excluding carboxylic acids is 2. The standard InChI is InChI=1S/C19H26N2O4/c1-13-6-7-15(14(2)12-13)16-17(20(3)9-10-22)19(24)21(18(16)23)8-5-11-25-4/h6-7,12,22H,5,8-11H2,1-4H3. The first kappa shape index (κ1) is 19.1. The number of hydrogen-bond donors (Lipinski definition) is 1. The van der Waals surface area contributed by atoms with Gasteiger partial charge in [-0.1, -0.05) is 23.8 Å².